The Kier molecular flexibility index (Phi) is 3.86. The molecule has 70 valence electrons. The lowest BCUT2D eigenvalue weighted by atomic mass is 10.0. The van der Waals surface area contributed by atoms with Gasteiger partial charge in [-0.2, -0.15) is 0 Å². The molecular weight excluding hydrogens is 174 g/mol. The lowest BCUT2D eigenvalue weighted by Gasteiger charge is -2.34. The van der Waals surface area contributed by atoms with Crippen molar-refractivity contribution >= 4 is 17.5 Å². The lowest BCUT2D eigenvalue weighted by Crippen LogP contribution is -2.43. The lowest BCUT2D eigenvalue weighted by molar-refractivity contribution is -0.132. The van der Waals surface area contributed by atoms with Gasteiger partial charge in [0.1, 0.15) is 5.88 Å². The van der Waals surface area contributed by atoms with E-state index in [0.717, 1.165) is 25.8 Å². The van der Waals surface area contributed by atoms with Crippen molar-refractivity contribution < 1.29 is 4.79 Å². The first kappa shape index (κ1) is 9.85. The third kappa shape index (κ3) is 2.13. The number of likely N-dealkylation sites (tertiary alicyclic amines) is 1. The number of piperidine rings is 1. The zero-order valence-corrected chi connectivity index (χ0v) is 8.31. The van der Waals surface area contributed by atoms with E-state index in [1.807, 2.05) is 4.90 Å². The number of hydrogen-bond donors (Lipinski definition) is 0. The fraction of sp³-hybridized carbons (Fsp3) is 0.889. The summed E-state index contributed by atoms with van der Waals surface area (Å²) in [6.07, 6.45) is 4.60. The second-order valence-corrected chi connectivity index (χ2v) is 3.55. The molecule has 0 aromatic rings. The first-order valence-corrected chi connectivity index (χ1v) is 5.18. The molecule has 0 aliphatic carbocycles. The smallest absolute Gasteiger partial charge is 0.237 e. The summed E-state index contributed by atoms with van der Waals surface area (Å²) in [7, 11) is 0. The minimum absolute atomic E-state index is 0.100. The molecule has 0 unspecified atom stereocenters. The first-order chi connectivity index (χ1) is 5.79. The highest BCUT2D eigenvalue weighted by atomic mass is 35.5. The van der Waals surface area contributed by atoms with E-state index in [4.69, 9.17) is 11.6 Å². The van der Waals surface area contributed by atoms with Crippen LogP contribution in [0.2, 0.25) is 0 Å². The molecule has 2 nitrogen and oxygen atoms in total. The third-order valence-electron chi connectivity index (χ3n) is 2.53. The quantitative estimate of drug-likeness (QED) is 0.609. The highest BCUT2D eigenvalue weighted by Crippen LogP contribution is 2.19. The summed E-state index contributed by atoms with van der Waals surface area (Å²) in [4.78, 5) is 13.3. The van der Waals surface area contributed by atoms with Crippen LogP contribution < -0.4 is 0 Å². The molecule has 3 heteroatoms. The van der Waals surface area contributed by atoms with Gasteiger partial charge < -0.3 is 4.90 Å². The van der Waals surface area contributed by atoms with Gasteiger partial charge in [-0.05, 0) is 25.7 Å². The molecule has 0 N–H and O–H groups in total. The molecule has 1 saturated heterocycles. The van der Waals surface area contributed by atoms with Gasteiger partial charge in [-0.1, -0.05) is 6.92 Å². The normalized spacial score (nSPS) is 24.2. The van der Waals surface area contributed by atoms with Crippen LogP contribution in [0, 0.1) is 0 Å². The highest BCUT2D eigenvalue weighted by molar-refractivity contribution is 6.27. The summed E-state index contributed by atoms with van der Waals surface area (Å²) in [6, 6.07) is 0.449. The van der Waals surface area contributed by atoms with E-state index < -0.39 is 0 Å². The summed E-state index contributed by atoms with van der Waals surface area (Å²) in [5, 5.41) is 0. The van der Waals surface area contributed by atoms with Gasteiger partial charge in [0.05, 0.1) is 0 Å². The van der Waals surface area contributed by atoms with Crippen molar-refractivity contribution in [1.29, 1.82) is 0 Å². The van der Waals surface area contributed by atoms with Crippen LogP contribution in [0.3, 0.4) is 0 Å². The average molecular weight is 190 g/mol. The summed E-state index contributed by atoms with van der Waals surface area (Å²) < 4.78 is 0. The number of alkyl halides is 1. The van der Waals surface area contributed by atoms with Crippen molar-refractivity contribution in [3.05, 3.63) is 0 Å². The van der Waals surface area contributed by atoms with Crippen LogP contribution in [-0.2, 0) is 4.79 Å². The average Bonchev–Trinajstić information content (AvgIpc) is 2.16. The van der Waals surface area contributed by atoms with Gasteiger partial charge in [-0.3, -0.25) is 4.79 Å². The zero-order valence-electron chi connectivity index (χ0n) is 7.55. The zero-order chi connectivity index (χ0) is 8.97. The van der Waals surface area contributed by atoms with E-state index in [0.29, 0.717) is 6.04 Å². The van der Waals surface area contributed by atoms with Crippen molar-refractivity contribution in [3.8, 4) is 0 Å². The Labute approximate surface area is 78.9 Å². The second-order valence-electron chi connectivity index (χ2n) is 3.28. The fourth-order valence-electron chi connectivity index (χ4n) is 1.83. The van der Waals surface area contributed by atoms with E-state index in [1.54, 1.807) is 0 Å². The molecule has 1 heterocycles. The molecule has 0 saturated carbocycles. The van der Waals surface area contributed by atoms with Gasteiger partial charge in [-0.15, -0.1) is 11.6 Å². The molecule has 0 spiro atoms. The molecule has 0 bridgehead atoms. The van der Waals surface area contributed by atoms with Crippen LogP contribution in [0.4, 0.5) is 0 Å². The van der Waals surface area contributed by atoms with Gasteiger partial charge in [-0.25, -0.2) is 0 Å². The van der Waals surface area contributed by atoms with Crippen molar-refractivity contribution in [2.45, 2.75) is 38.6 Å². The van der Waals surface area contributed by atoms with Crippen LogP contribution in [0.15, 0.2) is 0 Å². The molecule has 1 aliphatic heterocycles. The van der Waals surface area contributed by atoms with E-state index in [1.165, 1.54) is 6.42 Å². The molecular formula is C9H16ClNO. The topological polar surface area (TPSA) is 20.3 Å². The molecule has 1 fully saturated rings. The Balaban J connectivity index is 2.52. The summed E-state index contributed by atoms with van der Waals surface area (Å²) >= 11 is 5.52. The van der Waals surface area contributed by atoms with Crippen molar-refractivity contribution in [1.82, 2.24) is 4.90 Å². The molecule has 12 heavy (non-hydrogen) atoms. The SMILES string of the molecule is CC[C@H]1CCCCN1C(=O)CCl. The van der Waals surface area contributed by atoms with E-state index in [-0.39, 0.29) is 11.8 Å². The molecule has 1 amide bonds. The minimum Gasteiger partial charge on any atom is -0.339 e. The molecule has 1 atom stereocenters. The number of nitrogens with zero attached hydrogens (tertiary/aromatic N) is 1. The van der Waals surface area contributed by atoms with Crippen molar-refractivity contribution in [3.63, 3.8) is 0 Å². The van der Waals surface area contributed by atoms with E-state index >= 15 is 0 Å². The van der Waals surface area contributed by atoms with Crippen LogP contribution in [0.1, 0.15) is 32.6 Å². The summed E-state index contributed by atoms with van der Waals surface area (Å²) in [6.45, 7) is 3.04. The van der Waals surface area contributed by atoms with Crippen molar-refractivity contribution in [2.75, 3.05) is 12.4 Å². The summed E-state index contributed by atoms with van der Waals surface area (Å²) in [5.41, 5.74) is 0. The minimum atomic E-state index is 0.100. The largest absolute Gasteiger partial charge is 0.339 e. The molecule has 0 aromatic heterocycles. The number of amides is 1. The number of carbonyl (C=O) groups excluding carboxylic acids is 1. The van der Waals surface area contributed by atoms with Gasteiger partial charge >= 0.3 is 0 Å². The Morgan fingerprint density at radius 1 is 1.58 bits per heavy atom. The van der Waals surface area contributed by atoms with E-state index in [2.05, 4.69) is 6.92 Å². The van der Waals surface area contributed by atoms with Crippen LogP contribution in [-0.4, -0.2) is 29.3 Å². The van der Waals surface area contributed by atoms with Crippen molar-refractivity contribution in [2.24, 2.45) is 0 Å². The molecule has 0 aromatic carbocycles. The molecule has 1 rings (SSSR count). The van der Waals surface area contributed by atoms with Gasteiger partial charge in [0, 0.05) is 12.6 Å². The van der Waals surface area contributed by atoms with Gasteiger partial charge in [0.25, 0.3) is 0 Å². The maximum atomic E-state index is 11.3. The number of carbonyl (C=O) groups is 1. The molecule has 1 aliphatic rings. The molecule has 0 radical (unpaired) electrons. The Morgan fingerprint density at radius 3 is 2.92 bits per heavy atom. The number of hydrogen-bond acceptors (Lipinski definition) is 1. The predicted molar refractivity (Wildman–Crippen MR) is 50.4 cm³/mol. The maximum absolute atomic E-state index is 11.3. The summed E-state index contributed by atoms with van der Waals surface area (Å²) in [5.74, 6) is 0.236. The standard InChI is InChI=1S/C9H16ClNO/c1-2-8-5-3-4-6-11(8)9(12)7-10/h8H,2-7H2,1H3/t8-/m0/s1. The van der Waals surface area contributed by atoms with Crippen LogP contribution >= 0.6 is 11.6 Å². The fourth-order valence-corrected chi connectivity index (χ4v) is 1.98. The monoisotopic (exact) mass is 189 g/mol. The third-order valence-corrected chi connectivity index (χ3v) is 2.76. The van der Waals surface area contributed by atoms with Gasteiger partial charge in [0.15, 0.2) is 0 Å². The van der Waals surface area contributed by atoms with Crippen LogP contribution in [0.25, 0.3) is 0 Å². The predicted octanol–water partition coefficient (Wildman–Crippen LogP) is 2.02. The Bertz CT molecular complexity index is 161. The Morgan fingerprint density at radius 2 is 2.33 bits per heavy atom. The maximum Gasteiger partial charge on any atom is 0.237 e. The van der Waals surface area contributed by atoms with Crippen LogP contribution in [0.5, 0.6) is 0 Å². The second kappa shape index (κ2) is 4.70. The highest BCUT2D eigenvalue weighted by Gasteiger charge is 2.23. The first-order valence-electron chi connectivity index (χ1n) is 4.65. The number of halogens is 1. The van der Waals surface area contributed by atoms with Gasteiger partial charge in [0.2, 0.25) is 5.91 Å². The Hall–Kier alpha value is -0.240. The number of rotatable bonds is 2. The van der Waals surface area contributed by atoms with E-state index in [9.17, 15) is 4.79 Å².